The second-order valence-corrected chi connectivity index (χ2v) is 4.64. The van der Waals surface area contributed by atoms with Crippen molar-refractivity contribution in [1.82, 2.24) is 5.32 Å². The van der Waals surface area contributed by atoms with Gasteiger partial charge in [0.25, 0.3) is 0 Å². The monoisotopic (exact) mass is 259 g/mol. The lowest BCUT2D eigenvalue weighted by Gasteiger charge is -2.18. The molecule has 0 radical (unpaired) electrons. The normalized spacial score (nSPS) is 15.2. The number of benzene rings is 1. The first-order valence-electron chi connectivity index (χ1n) is 6.29. The number of ether oxygens (including phenoxy) is 1. The largest absolute Gasteiger partial charge is 0.495 e. The van der Waals surface area contributed by atoms with E-state index >= 15 is 0 Å². The van der Waals surface area contributed by atoms with Gasteiger partial charge in [-0.2, -0.15) is 5.26 Å². The summed E-state index contributed by atoms with van der Waals surface area (Å²) in [6, 6.07) is 7.20. The average molecular weight is 259 g/mol. The van der Waals surface area contributed by atoms with E-state index in [2.05, 4.69) is 16.7 Å². The van der Waals surface area contributed by atoms with Gasteiger partial charge in [-0.15, -0.1) is 0 Å². The quantitative estimate of drug-likeness (QED) is 0.843. The number of nitrogens with one attached hydrogen (secondary N) is 2. The number of carbonyl (C=O) groups excluding carboxylic acids is 1. The van der Waals surface area contributed by atoms with Gasteiger partial charge in [0.1, 0.15) is 17.9 Å². The van der Waals surface area contributed by atoms with Crippen LogP contribution in [0.15, 0.2) is 18.2 Å². The molecule has 1 aliphatic rings. The van der Waals surface area contributed by atoms with Crippen LogP contribution in [0.3, 0.4) is 0 Å². The van der Waals surface area contributed by atoms with Crippen LogP contribution in [0, 0.1) is 11.3 Å². The molecular formula is C14H17N3O2. The molecular weight excluding hydrogens is 242 g/mol. The molecule has 0 spiro atoms. The minimum atomic E-state index is -0.413. The molecule has 1 aromatic rings. The van der Waals surface area contributed by atoms with E-state index in [4.69, 9.17) is 10.00 Å². The van der Waals surface area contributed by atoms with Crippen LogP contribution in [0.4, 0.5) is 5.69 Å². The van der Waals surface area contributed by atoms with E-state index in [9.17, 15) is 4.79 Å². The summed E-state index contributed by atoms with van der Waals surface area (Å²) in [5.74, 6) is 0.502. The van der Waals surface area contributed by atoms with Crippen molar-refractivity contribution < 1.29 is 9.53 Å². The van der Waals surface area contributed by atoms with Gasteiger partial charge in [-0.1, -0.05) is 6.07 Å². The van der Waals surface area contributed by atoms with Gasteiger partial charge in [-0.25, -0.2) is 0 Å². The highest BCUT2D eigenvalue weighted by Crippen LogP contribution is 2.28. The van der Waals surface area contributed by atoms with Crippen LogP contribution in [-0.2, 0) is 4.79 Å². The predicted molar refractivity (Wildman–Crippen MR) is 72.0 cm³/mol. The Morgan fingerprint density at radius 2 is 2.26 bits per heavy atom. The van der Waals surface area contributed by atoms with Crippen molar-refractivity contribution >= 4 is 11.6 Å². The Hall–Kier alpha value is -2.22. The van der Waals surface area contributed by atoms with Crippen molar-refractivity contribution in [2.45, 2.75) is 31.8 Å². The SMILES string of the molecule is COc1cccc(C#N)c1NC(C)C(=O)NC1CC1. The number of nitrogens with zero attached hydrogens (tertiary/aromatic N) is 1. The predicted octanol–water partition coefficient (Wildman–Crippen LogP) is 1.65. The van der Waals surface area contributed by atoms with Crippen LogP contribution in [0.5, 0.6) is 5.75 Å². The number of amides is 1. The van der Waals surface area contributed by atoms with E-state index in [1.807, 2.05) is 0 Å². The number of hydrogen-bond donors (Lipinski definition) is 2. The van der Waals surface area contributed by atoms with E-state index in [0.717, 1.165) is 12.8 Å². The summed E-state index contributed by atoms with van der Waals surface area (Å²) in [5, 5.41) is 15.1. The average Bonchev–Trinajstić information content (AvgIpc) is 3.22. The summed E-state index contributed by atoms with van der Waals surface area (Å²) in [6.07, 6.45) is 2.10. The molecule has 2 N–H and O–H groups in total. The van der Waals surface area contributed by atoms with E-state index in [1.54, 1.807) is 25.1 Å². The highest BCUT2D eigenvalue weighted by atomic mass is 16.5. The van der Waals surface area contributed by atoms with E-state index in [0.29, 0.717) is 23.0 Å². The number of anilines is 1. The van der Waals surface area contributed by atoms with Gasteiger partial charge in [0.05, 0.1) is 18.4 Å². The molecule has 0 heterocycles. The maximum atomic E-state index is 11.9. The Kier molecular flexibility index (Phi) is 3.91. The smallest absolute Gasteiger partial charge is 0.242 e. The van der Waals surface area contributed by atoms with Crippen molar-refractivity contribution in [3.8, 4) is 11.8 Å². The number of nitriles is 1. The van der Waals surface area contributed by atoms with Crippen molar-refractivity contribution in [1.29, 1.82) is 5.26 Å². The minimum Gasteiger partial charge on any atom is -0.495 e. The number of para-hydroxylation sites is 1. The van der Waals surface area contributed by atoms with E-state index in [1.165, 1.54) is 7.11 Å². The molecule has 1 amide bonds. The van der Waals surface area contributed by atoms with Crippen molar-refractivity contribution in [3.05, 3.63) is 23.8 Å². The van der Waals surface area contributed by atoms with Gasteiger partial charge in [0.15, 0.2) is 0 Å². The molecule has 1 aromatic carbocycles. The number of hydrogen-bond acceptors (Lipinski definition) is 4. The molecule has 0 bridgehead atoms. The molecule has 0 aliphatic heterocycles. The van der Waals surface area contributed by atoms with Gasteiger partial charge in [-0.05, 0) is 31.9 Å². The highest BCUT2D eigenvalue weighted by molar-refractivity contribution is 5.86. The Balaban J connectivity index is 2.12. The Bertz CT molecular complexity index is 518. The molecule has 0 saturated heterocycles. The third-order valence-corrected chi connectivity index (χ3v) is 3.04. The summed E-state index contributed by atoms with van der Waals surface area (Å²) in [4.78, 5) is 11.9. The third-order valence-electron chi connectivity index (χ3n) is 3.04. The summed E-state index contributed by atoms with van der Waals surface area (Å²) < 4.78 is 5.22. The zero-order valence-corrected chi connectivity index (χ0v) is 11.1. The summed E-state index contributed by atoms with van der Waals surface area (Å²) in [6.45, 7) is 1.77. The van der Waals surface area contributed by atoms with Crippen LogP contribution >= 0.6 is 0 Å². The minimum absolute atomic E-state index is 0.0581. The lowest BCUT2D eigenvalue weighted by molar-refractivity contribution is -0.121. The van der Waals surface area contributed by atoms with Crippen LogP contribution in [0.25, 0.3) is 0 Å². The number of methoxy groups -OCH3 is 1. The third kappa shape index (κ3) is 3.16. The van der Waals surface area contributed by atoms with Crippen LogP contribution in [0.2, 0.25) is 0 Å². The lowest BCUT2D eigenvalue weighted by Crippen LogP contribution is -2.38. The Labute approximate surface area is 112 Å². The molecule has 2 rings (SSSR count). The number of carbonyl (C=O) groups is 1. The molecule has 1 atom stereocenters. The van der Waals surface area contributed by atoms with Crippen LogP contribution in [0.1, 0.15) is 25.3 Å². The molecule has 0 aromatic heterocycles. The van der Waals surface area contributed by atoms with Crippen molar-refractivity contribution in [2.75, 3.05) is 12.4 Å². The number of rotatable bonds is 5. The second-order valence-electron chi connectivity index (χ2n) is 4.64. The summed E-state index contributed by atoms with van der Waals surface area (Å²) in [5.41, 5.74) is 1.02. The fraction of sp³-hybridized carbons (Fsp3) is 0.429. The molecule has 1 fully saturated rings. The fourth-order valence-corrected chi connectivity index (χ4v) is 1.78. The first kappa shape index (κ1) is 13.2. The van der Waals surface area contributed by atoms with Crippen LogP contribution in [-0.4, -0.2) is 25.1 Å². The Morgan fingerprint density at radius 1 is 1.53 bits per heavy atom. The molecule has 5 heteroatoms. The molecule has 1 unspecified atom stereocenters. The Morgan fingerprint density at radius 3 is 2.84 bits per heavy atom. The van der Waals surface area contributed by atoms with Crippen molar-refractivity contribution in [2.24, 2.45) is 0 Å². The van der Waals surface area contributed by atoms with Crippen LogP contribution < -0.4 is 15.4 Å². The van der Waals surface area contributed by atoms with Gasteiger partial charge in [-0.3, -0.25) is 4.79 Å². The zero-order chi connectivity index (χ0) is 13.8. The summed E-state index contributed by atoms with van der Waals surface area (Å²) in [7, 11) is 1.54. The van der Waals surface area contributed by atoms with Gasteiger partial charge >= 0.3 is 0 Å². The van der Waals surface area contributed by atoms with E-state index < -0.39 is 6.04 Å². The van der Waals surface area contributed by atoms with Gasteiger partial charge in [0, 0.05) is 6.04 Å². The molecule has 1 saturated carbocycles. The molecule has 5 nitrogen and oxygen atoms in total. The van der Waals surface area contributed by atoms with Gasteiger partial charge in [0.2, 0.25) is 5.91 Å². The van der Waals surface area contributed by atoms with E-state index in [-0.39, 0.29) is 5.91 Å². The fourth-order valence-electron chi connectivity index (χ4n) is 1.78. The molecule has 1 aliphatic carbocycles. The first-order valence-corrected chi connectivity index (χ1v) is 6.29. The maximum Gasteiger partial charge on any atom is 0.242 e. The van der Waals surface area contributed by atoms with Crippen molar-refractivity contribution in [3.63, 3.8) is 0 Å². The highest BCUT2D eigenvalue weighted by Gasteiger charge is 2.26. The maximum absolute atomic E-state index is 11.9. The first-order chi connectivity index (χ1) is 9.15. The zero-order valence-electron chi connectivity index (χ0n) is 11.1. The lowest BCUT2D eigenvalue weighted by atomic mass is 10.1. The topological polar surface area (TPSA) is 74.1 Å². The van der Waals surface area contributed by atoms with Gasteiger partial charge < -0.3 is 15.4 Å². The standard InChI is InChI=1S/C14H17N3O2/c1-9(14(18)17-11-6-7-11)16-13-10(8-15)4-3-5-12(13)19-2/h3-5,9,11,16H,6-7H2,1-2H3,(H,17,18). The summed E-state index contributed by atoms with van der Waals surface area (Å²) >= 11 is 0. The second kappa shape index (κ2) is 5.61. The molecule has 100 valence electrons. The molecule has 19 heavy (non-hydrogen) atoms.